The van der Waals surface area contributed by atoms with E-state index in [0.29, 0.717) is 11.3 Å². The van der Waals surface area contributed by atoms with E-state index in [4.69, 9.17) is 9.05 Å². The molecule has 0 aliphatic carbocycles. The molecule has 0 saturated heterocycles. The van der Waals surface area contributed by atoms with E-state index in [2.05, 4.69) is 0 Å². The maximum Gasteiger partial charge on any atom is 0.808 e. The van der Waals surface area contributed by atoms with Crippen molar-refractivity contribution in [3.63, 3.8) is 0 Å². The molecule has 3 aromatic carbocycles. The van der Waals surface area contributed by atoms with Crippen LogP contribution in [0, 0.1) is 20.8 Å². The summed E-state index contributed by atoms with van der Waals surface area (Å²) >= 11 is 0. The first-order valence-electron chi connectivity index (χ1n) is 7.89. The fourth-order valence-electron chi connectivity index (χ4n) is 2.99. The van der Waals surface area contributed by atoms with Crippen LogP contribution in [0.4, 0.5) is 0 Å². The van der Waals surface area contributed by atoms with Crippen LogP contribution in [0.5, 0.6) is 5.75 Å². The number of fused-ring (bicyclic) bond motifs is 1. The van der Waals surface area contributed by atoms with Crippen molar-refractivity contribution in [3.8, 4) is 5.75 Å². The van der Waals surface area contributed by atoms with Gasteiger partial charge in [0, 0.05) is 9.95 Å². The van der Waals surface area contributed by atoms with Crippen molar-refractivity contribution in [2.45, 2.75) is 20.8 Å². The molecule has 0 N–H and O–H groups in total. The maximum absolute atomic E-state index is 12.4. The zero-order valence-corrected chi connectivity index (χ0v) is 15.2. The first-order chi connectivity index (χ1) is 12.0. The van der Waals surface area contributed by atoms with Gasteiger partial charge in [0.15, 0.2) is 5.75 Å². The average molecular weight is 353 g/mol. The van der Waals surface area contributed by atoms with E-state index in [-0.39, 0.29) is 0 Å². The number of hydrogen-bond donors (Lipinski definition) is 0. The van der Waals surface area contributed by atoms with Crippen LogP contribution in [0.3, 0.4) is 0 Å². The number of carbonyl (C=O) groups excluding carboxylic acids is 1. The first-order valence-corrected chi connectivity index (χ1v) is 8.98. The van der Waals surface area contributed by atoms with E-state index in [1.165, 1.54) is 0 Å². The Hall–Kier alpha value is -2.71. The lowest BCUT2D eigenvalue weighted by molar-refractivity contribution is 0.0731. The third-order valence-electron chi connectivity index (χ3n) is 3.96. The van der Waals surface area contributed by atoms with Gasteiger partial charge >= 0.3 is 14.2 Å². The highest BCUT2D eigenvalue weighted by Crippen LogP contribution is 2.34. The summed E-state index contributed by atoms with van der Waals surface area (Å²) in [5.41, 5.74) is 3.06. The van der Waals surface area contributed by atoms with Crippen molar-refractivity contribution >= 4 is 25.0 Å². The Labute approximate surface area is 147 Å². The first kappa shape index (κ1) is 17.1. The number of carbonyl (C=O) groups is 1. The Morgan fingerprint density at radius 1 is 0.920 bits per heavy atom. The van der Waals surface area contributed by atoms with Gasteiger partial charge in [-0.05, 0) is 43.4 Å². The summed E-state index contributed by atoms with van der Waals surface area (Å²) in [5.74, 6) is -0.222. The molecule has 25 heavy (non-hydrogen) atoms. The molecule has 0 aliphatic heterocycles. The Morgan fingerprint density at radius 2 is 1.56 bits per heavy atom. The van der Waals surface area contributed by atoms with Crippen LogP contribution in [-0.2, 0) is 9.09 Å². The number of rotatable bonds is 4. The smallest absolute Gasteiger partial charge is 0.241 e. The third-order valence-corrected chi connectivity index (χ3v) is 4.62. The van der Waals surface area contributed by atoms with Crippen LogP contribution < -0.4 is 4.52 Å². The Balaban J connectivity index is 1.80. The molecule has 1 unspecified atom stereocenters. The van der Waals surface area contributed by atoms with Gasteiger partial charge < -0.3 is 0 Å². The van der Waals surface area contributed by atoms with E-state index in [1.807, 2.05) is 63.2 Å². The van der Waals surface area contributed by atoms with E-state index in [1.54, 1.807) is 12.1 Å². The van der Waals surface area contributed by atoms with Gasteiger partial charge in [-0.1, -0.05) is 54.1 Å². The Morgan fingerprint density at radius 3 is 2.28 bits per heavy atom. The van der Waals surface area contributed by atoms with E-state index >= 15 is 0 Å². The molecule has 126 valence electrons. The second-order valence-electron chi connectivity index (χ2n) is 5.94. The number of hydrogen-bond acceptors (Lipinski definition) is 4. The van der Waals surface area contributed by atoms with E-state index in [9.17, 15) is 9.36 Å². The standard InChI is InChI=1S/C20H18O4P/c1-13-11-14(2)19(15(3)12-13)20(21)24-25(22)23-18-10-6-8-16-7-4-5-9-17(16)18/h4-12H,1-3H3/q+1. The Kier molecular flexibility index (Phi) is 4.82. The summed E-state index contributed by atoms with van der Waals surface area (Å²) < 4.78 is 22.6. The summed E-state index contributed by atoms with van der Waals surface area (Å²) in [6.45, 7) is 5.61. The SMILES string of the molecule is Cc1cc(C)c(C(=O)O[P+](=O)Oc2cccc3ccccc23)c(C)c1. The van der Waals surface area contributed by atoms with Crippen molar-refractivity contribution < 1.29 is 18.4 Å². The molecule has 0 spiro atoms. The highest BCUT2D eigenvalue weighted by atomic mass is 31.1. The van der Waals surface area contributed by atoms with Gasteiger partial charge in [-0.25, -0.2) is 9.32 Å². The summed E-state index contributed by atoms with van der Waals surface area (Å²) in [4.78, 5) is 12.4. The van der Waals surface area contributed by atoms with Crippen molar-refractivity contribution in [2.75, 3.05) is 0 Å². The lowest BCUT2D eigenvalue weighted by Gasteiger charge is -2.06. The van der Waals surface area contributed by atoms with Gasteiger partial charge in [0.05, 0.1) is 5.56 Å². The minimum absolute atomic E-state index is 0.421. The fourth-order valence-corrected chi connectivity index (χ4v) is 3.57. The Bertz CT molecular complexity index is 950. The molecule has 0 radical (unpaired) electrons. The molecule has 0 bridgehead atoms. The largest absolute Gasteiger partial charge is 0.808 e. The fraction of sp³-hybridized carbons (Fsp3) is 0.150. The topological polar surface area (TPSA) is 52.6 Å². The highest BCUT2D eigenvalue weighted by Gasteiger charge is 2.31. The van der Waals surface area contributed by atoms with Gasteiger partial charge in [-0.3, -0.25) is 0 Å². The molecule has 3 aromatic rings. The van der Waals surface area contributed by atoms with Crippen LogP contribution in [0.2, 0.25) is 0 Å². The van der Waals surface area contributed by atoms with Gasteiger partial charge in [0.2, 0.25) is 0 Å². The van der Waals surface area contributed by atoms with Crippen molar-refractivity contribution in [1.82, 2.24) is 0 Å². The predicted molar refractivity (Wildman–Crippen MR) is 98.3 cm³/mol. The zero-order valence-electron chi connectivity index (χ0n) is 14.3. The molecular formula is C20H18O4P+. The maximum atomic E-state index is 12.4. The molecule has 3 rings (SSSR count). The summed E-state index contributed by atoms with van der Waals surface area (Å²) in [5, 5.41) is 1.77. The van der Waals surface area contributed by atoms with Gasteiger partial charge in [-0.2, -0.15) is 4.52 Å². The molecule has 0 saturated carbocycles. The monoisotopic (exact) mass is 353 g/mol. The molecule has 0 aromatic heterocycles. The second-order valence-corrected chi connectivity index (χ2v) is 6.76. The summed E-state index contributed by atoms with van der Waals surface area (Å²) in [7, 11) is -2.63. The highest BCUT2D eigenvalue weighted by molar-refractivity contribution is 7.34. The zero-order chi connectivity index (χ0) is 18.0. The van der Waals surface area contributed by atoms with Gasteiger partial charge in [0.1, 0.15) is 0 Å². The van der Waals surface area contributed by atoms with Crippen LogP contribution in [-0.4, -0.2) is 5.97 Å². The molecule has 0 amide bonds. The van der Waals surface area contributed by atoms with Crippen molar-refractivity contribution in [1.29, 1.82) is 0 Å². The summed E-state index contributed by atoms with van der Waals surface area (Å²) in [6.07, 6.45) is 0. The normalized spacial score (nSPS) is 11.2. The lowest BCUT2D eigenvalue weighted by Crippen LogP contribution is -2.07. The molecule has 0 aliphatic rings. The van der Waals surface area contributed by atoms with Crippen molar-refractivity contribution in [3.05, 3.63) is 76.9 Å². The molecule has 1 atom stereocenters. The third kappa shape index (κ3) is 3.70. The minimum Gasteiger partial charge on any atom is -0.241 e. The van der Waals surface area contributed by atoms with E-state index in [0.717, 1.165) is 27.5 Å². The molecular weight excluding hydrogens is 335 g/mol. The number of aryl methyl sites for hydroxylation is 3. The van der Waals surface area contributed by atoms with Crippen molar-refractivity contribution in [2.24, 2.45) is 0 Å². The van der Waals surface area contributed by atoms with Gasteiger partial charge in [0.25, 0.3) is 0 Å². The van der Waals surface area contributed by atoms with Gasteiger partial charge in [-0.15, -0.1) is 0 Å². The molecule has 0 heterocycles. The van der Waals surface area contributed by atoms with Crippen LogP contribution >= 0.6 is 8.25 Å². The molecule has 5 heteroatoms. The summed E-state index contributed by atoms with van der Waals surface area (Å²) in [6, 6.07) is 16.8. The minimum atomic E-state index is -2.63. The number of benzene rings is 3. The second kappa shape index (κ2) is 7.04. The van der Waals surface area contributed by atoms with Crippen LogP contribution in [0.1, 0.15) is 27.0 Å². The average Bonchev–Trinajstić information content (AvgIpc) is 2.54. The quantitative estimate of drug-likeness (QED) is 0.568. The van der Waals surface area contributed by atoms with Crippen LogP contribution in [0.15, 0.2) is 54.6 Å². The van der Waals surface area contributed by atoms with Crippen LogP contribution in [0.25, 0.3) is 10.8 Å². The molecule has 0 fully saturated rings. The molecule has 4 nitrogen and oxygen atoms in total. The predicted octanol–water partition coefficient (Wildman–Crippen LogP) is 5.66. The lowest BCUT2D eigenvalue weighted by atomic mass is 10.0. The van der Waals surface area contributed by atoms with E-state index < -0.39 is 14.2 Å².